The average molecular weight is 388 g/mol. The molecule has 1 saturated heterocycles. The fourth-order valence-electron chi connectivity index (χ4n) is 4.03. The first-order valence-electron chi connectivity index (χ1n) is 10.7. The highest BCUT2D eigenvalue weighted by molar-refractivity contribution is 5.94. The molecule has 6 heteroatoms. The normalized spacial score (nSPS) is 18.3. The van der Waals surface area contributed by atoms with E-state index in [0.29, 0.717) is 31.3 Å². The zero-order valence-electron chi connectivity index (χ0n) is 17.2. The van der Waals surface area contributed by atoms with Crippen LogP contribution in [0.5, 0.6) is 5.75 Å². The van der Waals surface area contributed by atoms with Crippen LogP contribution < -0.4 is 4.74 Å². The lowest BCUT2D eigenvalue weighted by Gasteiger charge is -2.35. The summed E-state index contributed by atoms with van der Waals surface area (Å²) in [6.45, 7) is 8.72. The maximum Gasteiger partial charge on any atom is 0.253 e. The summed E-state index contributed by atoms with van der Waals surface area (Å²) in [5.41, 5.74) is 0.700. The second-order valence-electron chi connectivity index (χ2n) is 7.68. The summed E-state index contributed by atoms with van der Waals surface area (Å²) in [6.07, 6.45) is 5.07. The van der Waals surface area contributed by atoms with Gasteiger partial charge in [0.15, 0.2) is 0 Å². The monoisotopic (exact) mass is 387 g/mol. The smallest absolute Gasteiger partial charge is 0.253 e. The fourth-order valence-corrected chi connectivity index (χ4v) is 4.03. The third-order valence-corrected chi connectivity index (χ3v) is 5.84. The number of carbonyl (C=O) groups excluding carboxylic acids is 2. The molecule has 2 amide bonds. The van der Waals surface area contributed by atoms with Gasteiger partial charge in [-0.15, -0.1) is 0 Å². The molecule has 1 aliphatic carbocycles. The Morgan fingerprint density at radius 1 is 1.00 bits per heavy atom. The summed E-state index contributed by atoms with van der Waals surface area (Å²) in [5.74, 6) is 1.08. The van der Waals surface area contributed by atoms with Gasteiger partial charge in [-0.05, 0) is 63.8 Å². The van der Waals surface area contributed by atoms with E-state index in [4.69, 9.17) is 4.74 Å². The number of rotatable bonds is 7. The molecule has 0 aromatic heterocycles. The van der Waals surface area contributed by atoms with Gasteiger partial charge in [-0.25, -0.2) is 0 Å². The molecule has 0 N–H and O–H groups in total. The summed E-state index contributed by atoms with van der Waals surface area (Å²) < 4.78 is 5.98. The first-order chi connectivity index (χ1) is 13.6. The van der Waals surface area contributed by atoms with Crippen molar-refractivity contribution < 1.29 is 14.3 Å². The maximum atomic E-state index is 12.8. The van der Waals surface area contributed by atoms with E-state index in [0.717, 1.165) is 44.8 Å². The summed E-state index contributed by atoms with van der Waals surface area (Å²) >= 11 is 0. The first kappa shape index (κ1) is 20.6. The molecule has 1 heterocycles. The number of ether oxygens (including phenoxy) is 1. The topological polar surface area (TPSA) is 53.1 Å². The van der Waals surface area contributed by atoms with Crippen LogP contribution in [0.1, 0.15) is 49.9 Å². The van der Waals surface area contributed by atoms with E-state index in [-0.39, 0.29) is 11.8 Å². The Morgan fingerprint density at radius 2 is 1.61 bits per heavy atom. The van der Waals surface area contributed by atoms with Crippen LogP contribution in [0.2, 0.25) is 0 Å². The molecule has 0 unspecified atom stereocenters. The highest BCUT2D eigenvalue weighted by Crippen LogP contribution is 2.24. The fraction of sp³-hybridized carbons (Fsp3) is 0.636. The van der Waals surface area contributed by atoms with Crippen LogP contribution in [0.25, 0.3) is 0 Å². The highest BCUT2D eigenvalue weighted by Gasteiger charge is 2.24. The standard InChI is InChI=1S/C22H33N3O3/c1-3-24(4-2)21(26)17-23-13-15-25(16-14-23)22(27)18-9-11-20(12-10-18)28-19-7-5-6-8-19/h9-12,19H,3-8,13-17H2,1-2H3. The molecule has 0 atom stereocenters. The minimum Gasteiger partial charge on any atom is -0.490 e. The van der Waals surface area contributed by atoms with Crippen LogP contribution in [0.3, 0.4) is 0 Å². The lowest BCUT2D eigenvalue weighted by Crippen LogP contribution is -2.51. The van der Waals surface area contributed by atoms with E-state index < -0.39 is 0 Å². The predicted molar refractivity (Wildman–Crippen MR) is 110 cm³/mol. The number of nitrogens with zero attached hydrogens (tertiary/aromatic N) is 3. The average Bonchev–Trinajstić information content (AvgIpc) is 3.22. The van der Waals surface area contributed by atoms with Crippen LogP contribution >= 0.6 is 0 Å². The van der Waals surface area contributed by atoms with Crippen LogP contribution in [-0.2, 0) is 4.79 Å². The molecule has 3 rings (SSSR count). The van der Waals surface area contributed by atoms with Gasteiger partial charge >= 0.3 is 0 Å². The van der Waals surface area contributed by atoms with E-state index in [1.165, 1.54) is 12.8 Å². The Morgan fingerprint density at radius 3 is 2.18 bits per heavy atom. The van der Waals surface area contributed by atoms with Gasteiger partial charge in [-0.1, -0.05) is 0 Å². The largest absolute Gasteiger partial charge is 0.490 e. The van der Waals surface area contributed by atoms with Crippen molar-refractivity contribution in [3.05, 3.63) is 29.8 Å². The zero-order chi connectivity index (χ0) is 19.9. The van der Waals surface area contributed by atoms with Crippen molar-refractivity contribution in [2.45, 2.75) is 45.6 Å². The van der Waals surface area contributed by atoms with Crippen molar-refractivity contribution in [1.29, 1.82) is 0 Å². The van der Waals surface area contributed by atoms with Crippen LogP contribution in [0, 0.1) is 0 Å². The Kier molecular flexibility index (Phi) is 7.31. The predicted octanol–water partition coefficient (Wildman–Crippen LogP) is 2.63. The van der Waals surface area contributed by atoms with Gasteiger partial charge in [-0.2, -0.15) is 0 Å². The Hall–Kier alpha value is -2.08. The third-order valence-electron chi connectivity index (χ3n) is 5.84. The van der Waals surface area contributed by atoms with Crippen molar-refractivity contribution in [2.75, 3.05) is 45.8 Å². The Bertz CT molecular complexity index is 643. The van der Waals surface area contributed by atoms with Crippen molar-refractivity contribution >= 4 is 11.8 Å². The first-order valence-corrected chi connectivity index (χ1v) is 10.7. The zero-order valence-corrected chi connectivity index (χ0v) is 17.2. The van der Waals surface area contributed by atoms with E-state index in [9.17, 15) is 9.59 Å². The molecule has 1 saturated carbocycles. The van der Waals surface area contributed by atoms with Gasteiger partial charge < -0.3 is 14.5 Å². The van der Waals surface area contributed by atoms with Crippen molar-refractivity contribution in [3.63, 3.8) is 0 Å². The number of benzene rings is 1. The summed E-state index contributed by atoms with van der Waals surface area (Å²) in [6, 6.07) is 7.54. The molecule has 0 radical (unpaired) electrons. The molecular formula is C22H33N3O3. The van der Waals surface area contributed by atoms with Crippen molar-refractivity contribution in [2.24, 2.45) is 0 Å². The van der Waals surface area contributed by atoms with E-state index in [1.54, 1.807) is 0 Å². The maximum absolute atomic E-state index is 12.8. The van der Waals surface area contributed by atoms with Gasteiger partial charge in [0.1, 0.15) is 5.75 Å². The molecule has 154 valence electrons. The van der Waals surface area contributed by atoms with E-state index >= 15 is 0 Å². The molecule has 2 aliphatic rings. The van der Waals surface area contributed by atoms with E-state index in [1.807, 2.05) is 47.9 Å². The molecule has 0 bridgehead atoms. The van der Waals surface area contributed by atoms with Gasteiger partial charge in [0.25, 0.3) is 5.91 Å². The number of amides is 2. The van der Waals surface area contributed by atoms with Gasteiger partial charge in [0.2, 0.25) is 5.91 Å². The van der Waals surface area contributed by atoms with Gasteiger partial charge in [-0.3, -0.25) is 14.5 Å². The van der Waals surface area contributed by atoms with Gasteiger partial charge in [0.05, 0.1) is 12.6 Å². The second-order valence-corrected chi connectivity index (χ2v) is 7.68. The van der Waals surface area contributed by atoms with Crippen LogP contribution in [0.4, 0.5) is 0 Å². The van der Waals surface area contributed by atoms with Crippen molar-refractivity contribution in [3.8, 4) is 5.75 Å². The molecule has 28 heavy (non-hydrogen) atoms. The summed E-state index contributed by atoms with van der Waals surface area (Å²) in [4.78, 5) is 30.9. The number of carbonyl (C=O) groups is 2. The summed E-state index contributed by atoms with van der Waals surface area (Å²) in [5, 5.41) is 0. The van der Waals surface area contributed by atoms with Crippen LogP contribution in [-0.4, -0.2) is 78.4 Å². The van der Waals surface area contributed by atoms with Gasteiger partial charge in [0, 0.05) is 44.8 Å². The molecule has 2 fully saturated rings. The molecule has 1 aliphatic heterocycles. The van der Waals surface area contributed by atoms with Crippen LogP contribution in [0.15, 0.2) is 24.3 Å². The van der Waals surface area contributed by atoms with Crippen molar-refractivity contribution in [1.82, 2.24) is 14.7 Å². The molecule has 1 aromatic carbocycles. The quantitative estimate of drug-likeness (QED) is 0.722. The molecule has 6 nitrogen and oxygen atoms in total. The Labute approximate surface area is 168 Å². The third kappa shape index (κ3) is 5.25. The molecular weight excluding hydrogens is 354 g/mol. The summed E-state index contributed by atoms with van der Waals surface area (Å²) in [7, 11) is 0. The highest BCUT2D eigenvalue weighted by atomic mass is 16.5. The number of piperazine rings is 1. The SMILES string of the molecule is CCN(CC)C(=O)CN1CCN(C(=O)c2ccc(OC3CCCC3)cc2)CC1. The minimum absolute atomic E-state index is 0.0575. The number of likely N-dealkylation sites (N-methyl/N-ethyl adjacent to an activating group) is 1. The Balaban J connectivity index is 1.47. The lowest BCUT2D eigenvalue weighted by atomic mass is 10.1. The lowest BCUT2D eigenvalue weighted by molar-refractivity contribution is -0.132. The number of hydrogen-bond donors (Lipinski definition) is 0. The molecule has 1 aromatic rings. The second kappa shape index (κ2) is 9.92. The molecule has 0 spiro atoms. The van der Waals surface area contributed by atoms with E-state index in [2.05, 4.69) is 4.90 Å². The minimum atomic E-state index is 0.0575. The number of hydrogen-bond acceptors (Lipinski definition) is 4.